The molecular formula is C22H31N5O2S. The molecule has 0 saturated carbocycles. The molecule has 7 nitrogen and oxygen atoms in total. The number of benzene rings is 2. The average Bonchev–Trinajstić information content (AvgIpc) is 3.10. The highest BCUT2D eigenvalue weighted by Gasteiger charge is 2.29. The highest BCUT2D eigenvalue weighted by Crippen LogP contribution is 2.20. The Hall–Kier alpha value is -2.42. The second kappa shape index (κ2) is 10.1. The number of nitrogens with zero attached hydrogens (tertiary/aromatic N) is 2. The Morgan fingerprint density at radius 2 is 1.80 bits per heavy atom. The molecule has 3 rings (SSSR count). The van der Waals surface area contributed by atoms with Crippen molar-refractivity contribution in [3.8, 4) is 0 Å². The van der Waals surface area contributed by atoms with Crippen molar-refractivity contribution in [1.29, 1.82) is 0 Å². The summed E-state index contributed by atoms with van der Waals surface area (Å²) in [6, 6.07) is 18.2. The van der Waals surface area contributed by atoms with Crippen molar-refractivity contribution in [2.75, 3.05) is 20.6 Å². The molecule has 1 fully saturated rings. The number of rotatable bonds is 7. The summed E-state index contributed by atoms with van der Waals surface area (Å²) >= 11 is 0. The Morgan fingerprint density at radius 1 is 1.10 bits per heavy atom. The van der Waals surface area contributed by atoms with Gasteiger partial charge < -0.3 is 10.6 Å². The molecule has 3 N–H and O–H groups in total. The Morgan fingerprint density at radius 3 is 2.43 bits per heavy atom. The van der Waals surface area contributed by atoms with Gasteiger partial charge in [0.1, 0.15) is 0 Å². The maximum absolute atomic E-state index is 11.8. The van der Waals surface area contributed by atoms with Gasteiger partial charge in [-0.05, 0) is 43.7 Å². The van der Waals surface area contributed by atoms with E-state index in [1.807, 2.05) is 18.2 Å². The number of sulfonamides is 1. The lowest BCUT2D eigenvalue weighted by molar-refractivity contribution is 0.258. The van der Waals surface area contributed by atoms with Crippen LogP contribution in [-0.4, -0.2) is 52.0 Å². The first-order valence-corrected chi connectivity index (χ1v) is 11.7. The molecule has 0 amide bonds. The van der Waals surface area contributed by atoms with E-state index in [9.17, 15) is 8.42 Å². The molecule has 8 heteroatoms. The maximum atomic E-state index is 11.8. The highest BCUT2D eigenvalue weighted by molar-refractivity contribution is 7.89. The second-order valence-electron chi connectivity index (χ2n) is 7.62. The van der Waals surface area contributed by atoms with E-state index < -0.39 is 10.0 Å². The number of hydrogen-bond acceptors (Lipinski definition) is 4. The van der Waals surface area contributed by atoms with Gasteiger partial charge in [-0.3, -0.25) is 9.89 Å². The fraction of sp³-hybridized carbons (Fsp3) is 0.409. The Labute approximate surface area is 179 Å². The number of nitrogens with one attached hydrogen (secondary N) is 3. The molecule has 2 atom stereocenters. The summed E-state index contributed by atoms with van der Waals surface area (Å²) < 4.78 is 26.0. The summed E-state index contributed by atoms with van der Waals surface area (Å²) in [6.45, 7) is 4.75. The van der Waals surface area contributed by atoms with Gasteiger partial charge in [0.2, 0.25) is 10.0 Å². The summed E-state index contributed by atoms with van der Waals surface area (Å²) in [5.74, 6) is 0.751. The second-order valence-corrected chi connectivity index (χ2v) is 9.50. The zero-order valence-electron chi connectivity index (χ0n) is 17.8. The van der Waals surface area contributed by atoms with Gasteiger partial charge >= 0.3 is 0 Å². The summed E-state index contributed by atoms with van der Waals surface area (Å²) in [6.07, 6.45) is 1.06. The minimum atomic E-state index is -3.41. The third-order valence-electron chi connectivity index (χ3n) is 5.46. The fourth-order valence-electron chi connectivity index (χ4n) is 3.72. The Bertz CT molecular complexity index is 945. The Kier molecular flexibility index (Phi) is 7.47. The van der Waals surface area contributed by atoms with Crippen molar-refractivity contribution in [3.05, 3.63) is 65.7 Å². The predicted molar refractivity (Wildman–Crippen MR) is 121 cm³/mol. The molecule has 0 spiro atoms. The van der Waals surface area contributed by atoms with E-state index in [0.29, 0.717) is 18.6 Å². The number of likely N-dealkylation sites (tertiary alicyclic amines) is 1. The summed E-state index contributed by atoms with van der Waals surface area (Å²) in [5, 5.41) is 6.84. The molecule has 1 heterocycles. The molecule has 0 radical (unpaired) electrons. The normalized spacial score (nSPS) is 20.3. The van der Waals surface area contributed by atoms with Crippen LogP contribution < -0.4 is 15.4 Å². The van der Waals surface area contributed by atoms with E-state index in [4.69, 9.17) is 0 Å². The van der Waals surface area contributed by atoms with Gasteiger partial charge in [-0.2, -0.15) is 0 Å². The van der Waals surface area contributed by atoms with Crippen LogP contribution >= 0.6 is 0 Å². The minimum absolute atomic E-state index is 0.259. The maximum Gasteiger partial charge on any atom is 0.240 e. The van der Waals surface area contributed by atoms with Gasteiger partial charge in [-0.1, -0.05) is 42.5 Å². The van der Waals surface area contributed by atoms with Gasteiger partial charge in [0, 0.05) is 38.8 Å². The van der Waals surface area contributed by atoms with E-state index >= 15 is 0 Å². The van der Waals surface area contributed by atoms with Crippen molar-refractivity contribution in [1.82, 2.24) is 20.3 Å². The van der Waals surface area contributed by atoms with Crippen LogP contribution in [0.15, 0.2) is 64.5 Å². The summed E-state index contributed by atoms with van der Waals surface area (Å²) in [4.78, 5) is 7.09. The van der Waals surface area contributed by atoms with Crippen molar-refractivity contribution in [2.24, 2.45) is 4.99 Å². The smallest absolute Gasteiger partial charge is 0.240 e. The topological polar surface area (TPSA) is 85.8 Å². The number of hydrogen-bond donors (Lipinski definition) is 3. The molecule has 1 aliphatic rings. The lowest BCUT2D eigenvalue weighted by Crippen LogP contribution is -2.44. The van der Waals surface area contributed by atoms with Crippen LogP contribution in [0.1, 0.15) is 24.5 Å². The fourth-order valence-corrected chi connectivity index (χ4v) is 4.45. The van der Waals surface area contributed by atoms with Crippen LogP contribution in [0.3, 0.4) is 0 Å². The molecular weight excluding hydrogens is 398 g/mol. The average molecular weight is 430 g/mol. The van der Waals surface area contributed by atoms with Crippen molar-refractivity contribution in [3.63, 3.8) is 0 Å². The van der Waals surface area contributed by atoms with Crippen LogP contribution in [-0.2, 0) is 23.1 Å². The molecule has 2 aromatic rings. The van der Waals surface area contributed by atoms with E-state index in [0.717, 1.165) is 31.0 Å². The molecule has 0 aromatic heterocycles. The van der Waals surface area contributed by atoms with E-state index in [-0.39, 0.29) is 4.90 Å². The molecule has 30 heavy (non-hydrogen) atoms. The highest BCUT2D eigenvalue weighted by atomic mass is 32.2. The van der Waals surface area contributed by atoms with E-state index in [1.165, 1.54) is 12.6 Å². The van der Waals surface area contributed by atoms with Crippen LogP contribution in [0.4, 0.5) is 0 Å². The van der Waals surface area contributed by atoms with Crippen molar-refractivity contribution >= 4 is 16.0 Å². The SMILES string of the molecule is CN=C(NCc1ccc(S(=O)(=O)NC)cc1)NC1CC(C)N(Cc2ccccc2)C1. The predicted octanol–water partition coefficient (Wildman–Crippen LogP) is 1.92. The number of aliphatic imine (C=N–C) groups is 1. The summed E-state index contributed by atoms with van der Waals surface area (Å²) in [7, 11) is -0.241. The quantitative estimate of drug-likeness (QED) is 0.463. The van der Waals surface area contributed by atoms with Crippen LogP contribution in [0, 0.1) is 0 Å². The molecule has 1 aliphatic heterocycles. The molecule has 2 unspecified atom stereocenters. The first-order chi connectivity index (χ1) is 14.4. The minimum Gasteiger partial charge on any atom is -0.352 e. The third kappa shape index (κ3) is 5.81. The molecule has 162 valence electrons. The monoisotopic (exact) mass is 429 g/mol. The number of guanidine groups is 1. The van der Waals surface area contributed by atoms with Crippen molar-refractivity contribution in [2.45, 2.75) is 43.4 Å². The van der Waals surface area contributed by atoms with Crippen LogP contribution in [0.2, 0.25) is 0 Å². The van der Waals surface area contributed by atoms with Gasteiger partial charge in [0.15, 0.2) is 5.96 Å². The van der Waals surface area contributed by atoms with E-state index in [2.05, 4.69) is 56.4 Å². The molecule has 1 saturated heterocycles. The summed E-state index contributed by atoms with van der Waals surface area (Å²) in [5.41, 5.74) is 2.31. The molecule has 0 bridgehead atoms. The standard InChI is InChI=1S/C22H31N5O2S/c1-17-13-20(16-27(17)15-19-7-5-4-6-8-19)26-22(23-2)25-14-18-9-11-21(12-10-18)30(28,29)24-3/h4-12,17,20,24H,13-16H2,1-3H3,(H2,23,25,26). The lowest BCUT2D eigenvalue weighted by Gasteiger charge is -2.21. The zero-order valence-corrected chi connectivity index (χ0v) is 18.6. The van der Waals surface area contributed by atoms with Crippen LogP contribution in [0.5, 0.6) is 0 Å². The van der Waals surface area contributed by atoms with Gasteiger partial charge in [-0.25, -0.2) is 13.1 Å². The largest absolute Gasteiger partial charge is 0.352 e. The van der Waals surface area contributed by atoms with Crippen LogP contribution in [0.25, 0.3) is 0 Å². The Balaban J connectivity index is 1.51. The van der Waals surface area contributed by atoms with Gasteiger partial charge in [0.25, 0.3) is 0 Å². The lowest BCUT2D eigenvalue weighted by atomic mass is 10.2. The van der Waals surface area contributed by atoms with Gasteiger partial charge in [0.05, 0.1) is 4.90 Å². The third-order valence-corrected chi connectivity index (χ3v) is 6.89. The molecule has 0 aliphatic carbocycles. The van der Waals surface area contributed by atoms with Crippen molar-refractivity contribution < 1.29 is 8.42 Å². The first kappa shape index (κ1) is 22.3. The van der Waals surface area contributed by atoms with Gasteiger partial charge in [-0.15, -0.1) is 0 Å². The molecule has 2 aromatic carbocycles. The zero-order chi connectivity index (χ0) is 21.6. The first-order valence-electron chi connectivity index (χ1n) is 10.2. The van der Waals surface area contributed by atoms with E-state index in [1.54, 1.807) is 19.2 Å².